The van der Waals surface area contributed by atoms with Crippen molar-refractivity contribution < 1.29 is 0 Å². The van der Waals surface area contributed by atoms with Crippen LogP contribution in [0, 0.1) is 0 Å². The Bertz CT molecular complexity index is 293. The SMILES string of the molecule is CCN1CCCC1(C)c1ccccc1. The molecule has 0 amide bonds. The van der Waals surface area contributed by atoms with Gasteiger partial charge in [0.1, 0.15) is 0 Å². The van der Waals surface area contributed by atoms with Crippen LogP contribution < -0.4 is 0 Å². The zero-order chi connectivity index (χ0) is 10.0. The number of hydrogen-bond acceptors (Lipinski definition) is 1. The van der Waals surface area contributed by atoms with Crippen molar-refractivity contribution in [2.24, 2.45) is 0 Å². The van der Waals surface area contributed by atoms with Gasteiger partial charge in [-0.25, -0.2) is 0 Å². The highest BCUT2D eigenvalue weighted by Crippen LogP contribution is 2.37. The molecule has 14 heavy (non-hydrogen) atoms. The van der Waals surface area contributed by atoms with Crippen LogP contribution in [0.2, 0.25) is 0 Å². The van der Waals surface area contributed by atoms with Gasteiger partial charge in [-0.05, 0) is 38.4 Å². The van der Waals surface area contributed by atoms with Crippen molar-refractivity contribution in [1.82, 2.24) is 4.90 Å². The lowest BCUT2D eigenvalue weighted by atomic mass is 9.89. The Hall–Kier alpha value is -0.820. The molecule has 1 saturated heterocycles. The highest BCUT2D eigenvalue weighted by Gasteiger charge is 2.36. The van der Waals surface area contributed by atoms with Gasteiger partial charge in [0.05, 0.1) is 0 Å². The van der Waals surface area contributed by atoms with Crippen molar-refractivity contribution in [3.63, 3.8) is 0 Å². The summed E-state index contributed by atoms with van der Waals surface area (Å²) < 4.78 is 0. The van der Waals surface area contributed by atoms with E-state index < -0.39 is 0 Å². The Balaban J connectivity index is 2.31. The maximum absolute atomic E-state index is 2.59. The monoisotopic (exact) mass is 189 g/mol. The van der Waals surface area contributed by atoms with E-state index in [1.54, 1.807) is 0 Å². The van der Waals surface area contributed by atoms with Crippen LogP contribution in [0.1, 0.15) is 32.3 Å². The molecular formula is C13H19N. The van der Waals surface area contributed by atoms with Gasteiger partial charge in [-0.15, -0.1) is 0 Å². The van der Waals surface area contributed by atoms with Crippen molar-refractivity contribution in [2.75, 3.05) is 13.1 Å². The minimum Gasteiger partial charge on any atom is -0.294 e. The molecule has 1 heteroatoms. The molecule has 1 fully saturated rings. The molecule has 0 radical (unpaired) electrons. The number of rotatable bonds is 2. The van der Waals surface area contributed by atoms with Gasteiger partial charge in [-0.3, -0.25) is 4.90 Å². The predicted octanol–water partition coefficient (Wildman–Crippen LogP) is 3.02. The van der Waals surface area contributed by atoms with E-state index in [9.17, 15) is 0 Å². The number of nitrogens with zero attached hydrogens (tertiary/aromatic N) is 1. The van der Waals surface area contributed by atoms with Gasteiger partial charge in [0.25, 0.3) is 0 Å². The molecule has 0 aromatic heterocycles. The molecule has 2 rings (SSSR count). The van der Waals surface area contributed by atoms with Crippen LogP contribution in [0.15, 0.2) is 30.3 Å². The molecule has 1 aromatic rings. The normalized spacial score (nSPS) is 28.1. The quantitative estimate of drug-likeness (QED) is 0.691. The first-order valence-corrected chi connectivity index (χ1v) is 5.58. The summed E-state index contributed by atoms with van der Waals surface area (Å²) in [7, 11) is 0. The van der Waals surface area contributed by atoms with Crippen LogP contribution in [0.4, 0.5) is 0 Å². The summed E-state index contributed by atoms with van der Waals surface area (Å²) in [6.07, 6.45) is 2.63. The maximum atomic E-state index is 2.59. The first-order chi connectivity index (χ1) is 6.77. The fourth-order valence-corrected chi connectivity index (χ4v) is 2.65. The Morgan fingerprint density at radius 3 is 2.64 bits per heavy atom. The van der Waals surface area contributed by atoms with Crippen LogP contribution in [-0.2, 0) is 5.54 Å². The van der Waals surface area contributed by atoms with Crippen molar-refractivity contribution >= 4 is 0 Å². The fourth-order valence-electron chi connectivity index (χ4n) is 2.65. The fraction of sp³-hybridized carbons (Fsp3) is 0.538. The van der Waals surface area contributed by atoms with Crippen LogP contribution >= 0.6 is 0 Å². The lowest BCUT2D eigenvalue weighted by Crippen LogP contribution is -2.38. The second-order valence-electron chi connectivity index (χ2n) is 4.32. The molecule has 1 atom stereocenters. The molecule has 1 aromatic carbocycles. The van der Waals surface area contributed by atoms with Crippen molar-refractivity contribution in [2.45, 2.75) is 32.2 Å². The smallest absolute Gasteiger partial charge is 0.0432 e. The highest BCUT2D eigenvalue weighted by atomic mass is 15.2. The number of hydrogen-bond donors (Lipinski definition) is 0. The summed E-state index contributed by atoms with van der Waals surface area (Å²) in [6.45, 7) is 7.04. The molecule has 0 saturated carbocycles. The van der Waals surface area contributed by atoms with Gasteiger partial charge in [0.2, 0.25) is 0 Å². The molecule has 1 heterocycles. The average Bonchev–Trinajstić information content (AvgIpc) is 2.62. The minimum atomic E-state index is 0.288. The van der Waals surface area contributed by atoms with E-state index in [2.05, 4.69) is 49.1 Å². The Morgan fingerprint density at radius 2 is 2.00 bits per heavy atom. The average molecular weight is 189 g/mol. The third kappa shape index (κ3) is 1.46. The van der Waals surface area contributed by atoms with E-state index in [-0.39, 0.29) is 5.54 Å². The van der Waals surface area contributed by atoms with Gasteiger partial charge in [-0.2, -0.15) is 0 Å². The largest absolute Gasteiger partial charge is 0.294 e. The Morgan fingerprint density at radius 1 is 1.29 bits per heavy atom. The van der Waals surface area contributed by atoms with E-state index in [1.165, 1.54) is 24.9 Å². The lowest BCUT2D eigenvalue weighted by molar-refractivity contribution is 0.165. The second kappa shape index (κ2) is 3.74. The van der Waals surface area contributed by atoms with Gasteiger partial charge in [-0.1, -0.05) is 37.3 Å². The molecule has 0 spiro atoms. The van der Waals surface area contributed by atoms with Crippen LogP contribution in [0.5, 0.6) is 0 Å². The van der Waals surface area contributed by atoms with Crippen LogP contribution in [0.25, 0.3) is 0 Å². The van der Waals surface area contributed by atoms with Crippen LogP contribution in [0.3, 0.4) is 0 Å². The summed E-state index contributed by atoms with van der Waals surface area (Å²) in [5.41, 5.74) is 1.76. The van der Waals surface area contributed by atoms with Gasteiger partial charge >= 0.3 is 0 Å². The summed E-state index contributed by atoms with van der Waals surface area (Å²) in [5.74, 6) is 0. The standard InChI is InChI=1S/C13H19N/c1-3-14-11-7-10-13(14,2)12-8-5-4-6-9-12/h4-6,8-9H,3,7,10-11H2,1-2H3. The molecule has 1 nitrogen and oxygen atoms in total. The first kappa shape index (κ1) is 9.72. The minimum absolute atomic E-state index is 0.288. The Kier molecular flexibility index (Phi) is 2.60. The van der Waals surface area contributed by atoms with E-state index in [1.807, 2.05) is 0 Å². The van der Waals surface area contributed by atoms with Gasteiger partial charge < -0.3 is 0 Å². The maximum Gasteiger partial charge on any atom is 0.0432 e. The van der Waals surface area contributed by atoms with E-state index in [0.717, 1.165) is 6.54 Å². The molecule has 1 aliphatic heterocycles. The van der Waals surface area contributed by atoms with Crippen molar-refractivity contribution in [3.8, 4) is 0 Å². The first-order valence-electron chi connectivity index (χ1n) is 5.58. The zero-order valence-corrected chi connectivity index (χ0v) is 9.16. The molecule has 76 valence electrons. The topological polar surface area (TPSA) is 3.24 Å². The van der Waals surface area contributed by atoms with E-state index in [4.69, 9.17) is 0 Å². The molecule has 0 bridgehead atoms. The molecule has 1 aliphatic rings. The lowest BCUT2D eigenvalue weighted by Gasteiger charge is -2.35. The molecular weight excluding hydrogens is 170 g/mol. The summed E-state index contributed by atoms with van der Waals surface area (Å²) in [5, 5.41) is 0. The molecule has 1 unspecified atom stereocenters. The third-order valence-electron chi connectivity index (χ3n) is 3.57. The zero-order valence-electron chi connectivity index (χ0n) is 9.16. The van der Waals surface area contributed by atoms with E-state index in [0.29, 0.717) is 0 Å². The van der Waals surface area contributed by atoms with Crippen molar-refractivity contribution in [1.29, 1.82) is 0 Å². The summed E-state index contributed by atoms with van der Waals surface area (Å²) in [4.78, 5) is 2.59. The summed E-state index contributed by atoms with van der Waals surface area (Å²) in [6, 6.07) is 10.9. The van der Waals surface area contributed by atoms with Crippen LogP contribution in [-0.4, -0.2) is 18.0 Å². The molecule has 0 N–H and O–H groups in total. The Labute approximate surface area is 86.7 Å². The third-order valence-corrected chi connectivity index (χ3v) is 3.57. The predicted molar refractivity (Wildman–Crippen MR) is 60.3 cm³/mol. The number of benzene rings is 1. The summed E-state index contributed by atoms with van der Waals surface area (Å²) >= 11 is 0. The number of likely N-dealkylation sites (tertiary alicyclic amines) is 1. The van der Waals surface area contributed by atoms with Gasteiger partial charge in [0.15, 0.2) is 0 Å². The van der Waals surface area contributed by atoms with E-state index >= 15 is 0 Å². The van der Waals surface area contributed by atoms with Crippen molar-refractivity contribution in [3.05, 3.63) is 35.9 Å². The molecule has 0 aliphatic carbocycles. The second-order valence-corrected chi connectivity index (χ2v) is 4.32. The van der Waals surface area contributed by atoms with Gasteiger partial charge in [0, 0.05) is 5.54 Å². The highest BCUT2D eigenvalue weighted by molar-refractivity contribution is 5.24.